The van der Waals surface area contributed by atoms with Gasteiger partial charge in [0.1, 0.15) is 11.3 Å². The smallest absolute Gasteiger partial charge is 0.228 e. The van der Waals surface area contributed by atoms with Crippen LogP contribution in [-0.4, -0.2) is 39.3 Å². The van der Waals surface area contributed by atoms with E-state index in [1.54, 1.807) is 7.11 Å². The number of methoxy groups -OCH3 is 1. The molecule has 0 atom stereocenters. The molecule has 1 aliphatic heterocycles. The summed E-state index contributed by atoms with van der Waals surface area (Å²) in [4.78, 5) is 12.6. The first-order chi connectivity index (χ1) is 11.2. The third kappa shape index (κ3) is 4.09. The van der Waals surface area contributed by atoms with Crippen LogP contribution in [0.25, 0.3) is 11.0 Å². The van der Waals surface area contributed by atoms with Gasteiger partial charge in [0.2, 0.25) is 5.91 Å². The highest BCUT2D eigenvalue weighted by atomic mass is 35.5. The van der Waals surface area contributed by atoms with Gasteiger partial charge in [-0.25, -0.2) is 0 Å². The molecule has 0 radical (unpaired) electrons. The highest BCUT2D eigenvalue weighted by Crippen LogP contribution is 2.29. The Bertz CT molecular complexity index is 627. The molecule has 1 fully saturated rings. The zero-order chi connectivity index (χ0) is 16.1. The second kappa shape index (κ2) is 8.51. The van der Waals surface area contributed by atoms with E-state index in [4.69, 9.17) is 9.15 Å². The van der Waals surface area contributed by atoms with Gasteiger partial charge in [0, 0.05) is 25.5 Å². The zero-order valence-electron chi connectivity index (χ0n) is 14.0. The maximum absolute atomic E-state index is 12.6. The zero-order valence-corrected chi connectivity index (χ0v) is 14.8. The largest absolute Gasteiger partial charge is 0.461 e. The first-order valence-corrected chi connectivity index (χ1v) is 8.19. The molecular weight excluding hydrogens is 328 g/mol. The van der Waals surface area contributed by atoms with E-state index in [0.717, 1.165) is 42.7 Å². The first kappa shape index (κ1) is 18.8. The van der Waals surface area contributed by atoms with E-state index in [-0.39, 0.29) is 18.3 Å². The molecule has 24 heavy (non-hydrogen) atoms. The van der Waals surface area contributed by atoms with Crippen LogP contribution in [0.3, 0.4) is 0 Å². The van der Waals surface area contributed by atoms with Crippen LogP contribution in [0.2, 0.25) is 0 Å². The third-order valence-electron chi connectivity index (χ3n) is 4.60. The highest BCUT2D eigenvalue weighted by Gasteiger charge is 2.39. The molecule has 0 aliphatic carbocycles. The predicted molar refractivity (Wildman–Crippen MR) is 96.6 cm³/mol. The lowest BCUT2D eigenvalue weighted by Gasteiger charge is -2.35. The monoisotopic (exact) mass is 352 g/mol. The van der Waals surface area contributed by atoms with Gasteiger partial charge in [-0.3, -0.25) is 4.79 Å². The third-order valence-corrected chi connectivity index (χ3v) is 4.60. The van der Waals surface area contributed by atoms with E-state index >= 15 is 0 Å². The van der Waals surface area contributed by atoms with Crippen molar-refractivity contribution in [1.29, 1.82) is 0 Å². The van der Waals surface area contributed by atoms with Gasteiger partial charge in [-0.15, -0.1) is 12.4 Å². The molecule has 1 aliphatic rings. The van der Waals surface area contributed by atoms with Crippen LogP contribution in [0.1, 0.15) is 18.6 Å². The molecule has 2 aromatic rings. The molecule has 2 heterocycles. The highest BCUT2D eigenvalue weighted by molar-refractivity contribution is 5.85. The Balaban J connectivity index is 0.00000208. The topological polar surface area (TPSA) is 63.5 Å². The lowest BCUT2D eigenvalue weighted by atomic mass is 9.78. The quantitative estimate of drug-likeness (QED) is 0.838. The Hall–Kier alpha value is -1.56. The Kier molecular flexibility index (Phi) is 6.66. The molecule has 0 saturated carbocycles. The number of furan rings is 1. The summed E-state index contributed by atoms with van der Waals surface area (Å²) in [5.74, 6) is 0.995. The minimum absolute atomic E-state index is 0. The van der Waals surface area contributed by atoms with Crippen LogP contribution < -0.4 is 10.6 Å². The number of para-hydroxylation sites is 1. The van der Waals surface area contributed by atoms with Crippen molar-refractivity contribution in [1.82, 2.24) is 10.6 Å². The first-order valence-electron chi connectivity index (χ1n) is 8.19. The van der Waals surface area contributed by atoms with Crippen molar-refractivity contribution >= 4 is 29.3 Å². The fraction of sp³-hybridized carbons (Fsp3) is 0.500. The van der Waals surface area contributed by atoms with E-state index in [1.807, 2.05) is 30.3 Å². The summed E-state index contributed by atoms with van der Waals surface area (Å²) < 4.78 is 11.1. The summed E-state index contributed by atoms with van der Waals surface area (Å²) in [6.07, 6.45) is 2.33. The molecule has 0 bridgehead atoms. The van der Waals surface area contributed by atoms with Crippen LogP contribution >= 0.6 is 12.4 Å². The molecule has 1 saturated heterocycles. The van der Waals surface area contributed by atoms with Crippen molar-refractivity contribution in [3.63, 3.8) is 0 Å². The van der Waals surface area contributed by atoms with Crippen molar-refractivity contribution in [2.45, 2.75) is 19.3 Å². The lowest BCUT2D eigenvalue weighted by Crippen LogP contribution is -2.50. The van der Waals surface area contributed by atoms with Crippen molar-refractivity contribution < 1.29 is 13.9 Å². The molecular formula is C18H25ClN2O3. The standard InChI is InChI=1S/C18H24N2O3.ClH/c1-22-13-18(7-10-19-11-8-18)17(21)20-9-6-15-12-14-4-2-3-5-16(14)23-15;/h2-5,12,19H,6-11,13H2,1H3,(H,20,21);1H. The molecule has 5 nitrogen and oxygen atoms in total. The summed E-state index contributed by atoms with van der Waals surface area (Å²) in [6.45, 7) is 2.78. The molecule has 1 amide bonds. The van der Waals surface area contributed by atoms with Gasteiger partial charge in [-0.2, -0.15) is 0 Å². The van der Waals surface area contributed by atoms with Crippen LogP contribution in [0.4, 0.5) is 0 Å². The molecule has 6 heteroatoms. The SMILES string of the molecule is COCC1(C(=O)NCCc2cc3ccccc3o2)CCNCC1.Cl. The Morgan fingerprint density at radius 3 is 2.79 bits per heavy atom. The van der Waals surface area contributed by atoms with Gasteiger partial charge in [-0.1, -0.05) is 18.2 Å². The number of hydrogen-bond acceptors (Lipinski definition) is 4. The molecule has 0 unspecified atom stereocenters. The fourth-order valence-electron chi connectivity index (χ4n) is 3.27. The van der Waals surface area contributed by atoms with E-state index in [1.165, 1.54) is 0 Å². The number of hydrogen-bond donors (Lipinski definition) is 2. The van der Waals surface area contributed by atoms with Crippen LogP contribution in [0, 0.1) is 5.41 Å². The number of benzene rings is 1. The molecule has 3 rings (SSSR count). The minimum atomic E-state index is -0.395. The second-order valence-electron chi connectivity index (χ2n) is 6.22. The summed E-state index contributed by atoms with van der Waals surface area (Å²) >= 11 is 0. The second-order valence-corrected chi connectivity index (χ2v) is 6.22. The number of nitrogens with one attached hydrogen (secondary N) is 2. The van der Waals surface area contributed by atoms with Crippen LogP contribution in [0.5, 0.6) is 0 Å². The molecule has 2 N–H and O–H groups in total. The Morgan fingerprint density at radius 1 is 1.33 bits per heavy atom. The number of piperidine rings is 1. The lowest BCUT2D eigenvalue weighted by molar-refractivity contribution is -0.136. The van der Waals surface area contributed by atoms with Crippen molar-refractivity contribution in [2.75, 3.05) is 33.4 Å². The number of carbonyl (C=O) groups is 1. The van der Waals surface area contributed by atoms with Gasteiger partial charge >= 0.3 is 0 Å². The summed E-state index contributed by atoms with van der Waals surface area (Å²) in [7, 11) is 1.66. The Morgan fingerprint density at radius 2 is 2.08 bits per heavy atom. The van der Waals surface area contributed by atoms with Crippen molar-refractivity contribution in [3.05, 3.63) is 36.1 Å². The number of carbonyl (C=O) groups excluding carboxylic acids is 1. The number of rotatable bonds is 6. The Labute approximate surface area is 148 Å². The molecule has 1 aromatic heterocycles. The maximum atomic E-state index is 12.6. The minimum Gasteiger partial charge on any atom is -0.461 e. The predicted octanol–water partition coefficient (Wildman–Crippen LogP) is 2.53. The van der Waals surface area contributed by atoms with Crippen molar-refractivity contribution in [2.24, 2.45) is 5.41 Å². The van der Waals surface area contributed by atoms with Crippen LogP contribution in [0.15, 0.2) is 34.7 Å². The van der Waals surface area contributed by atoms with Crippen LogP contribution in [-0.2, 0) is 16.0 Å². The fourth-order valence-corrected chi connectivity index (χ4v) is 3.27. The summed E-state index contributed by atoms with van der Waals surface area (Å²) in [5.41, 5.74) is 0.497. The summed E-state index contributed by atoms with van der Waals surface area (Å²) in [5, 5.41) is 7.46. The average molecular weight is 353 g/mol. The van der Waals surface area contributed by atoms with E-state index in [0.29, 0.717) is 19.6 Å². The normalized spacial score (nSPS) is 16.5. The molecule has 132 valence electrons. The number of ether oxygens (including phenoxy) is 1. The van der Waals surface area contributed by atoms with Gasteiger partial charge in [0.05, 0.1) is 12.0 Å². The maximum Gasteiger partial charge on any atom is 0.228 e. The van der Waals surface area contributed by atoms with E-state index in [9.17, 15) is 4.79 Å². The molecule has 1 aromatic carbocycles. The van der Waals surface area contributed by atoms with E-state index < -0.39 is 5.41 Å². The van der Waals surface area contributed by atoms with Gasteiger partial charge in [0.15, 0.2) is 0 Å². The summed E-state index contributed by atoms with van der Waals surface area (Å²) in [6, 6.07) is 9.98. The number of fused-ring (bicyclic) bond motifs is 1. The van der Waals surface area contributed by atoms with Gasteiger partial charge in [-0.05, 0) is 38.1 Å². The van der Waals surface area contributed by atoms with Gasteiger partial charge in [0.25, 0.3) is 0 Å². The van der Waals surface area contributed by atoms with Gasteiger partial charge < -0.3 is 19.8 Å². The number of amides is 1. The average Bonchev–Trinajstić information content (AvgIpc) is 2.98. The molecule has 0 spiro atoms. The number of halogens is 1. The van der Waals surface area contributed by atoms with Crippen molar-refractivity contribution in [3.8, 4) is 0 Å². The van der Waals surface area contributed by atoms with E-state index in [2.05, 4.69) is 10.6 Å².